The molecule has 0 saturated heterocycles. The van der Waals surface area contributed by atoms with E-state index in [4.69, 9.17) is 5.26 Å². The second-order valence-corrected chi connectivity index (χ2v) is 6.58. The lowest BCUT2D eigenvalue weighted by Gasteiger charge is -2.11. The summed E-state index contributed by atoms with van der Waals surface area (Å²) in [4.78, 5) is 28.8. The molecule has 26 heavy (non-hydrogen) atoms. The lowest BCUT2D eigenvalue weighted by atomic mass is 10.1. The fraction of sp³-hybridized carbons (Fsp3) is 0.167. The molecule has 0 aliphatic heterocycles. The maximum atomic E-state index is 12.9. The molecule has 0 amide bonds. The van der Waals surface area contributed by atoms with Gasteiger partial charge in [0.15, 0.2) is 16.3 Å². The van der Waals surface area contributed by atoms with Gasteiger partial charge in [0, 0.05) is 36.0 Å². The van der Waals surface area contributed by atoms with Gasteiger partial charge in [-0.1, -0.05) is 30.0 Å². The maximum Gasteiger partial charge on any atom is 0.282 e. The molecule has 0 spiro atoms. The van der Waals surface area contributed by atoms with Crippen molar-refractivity contribution in [1.29, 1.82) is 5.26 Å². The van der Waals surface area contributed by atoms with Crippen molar-refractivity contribution in [3.63, 3.8) is 0 Å². The van der Waals surface area contributed by atoms with Gasteiger partial charge in [0.25, 0.3) is 5.56 Å². The van der Waals surface area contributed by atoms with Gasteiger partial charge in [-0.2, -0.15) is 5.26 Å². The number of fused-ring (bicyclic) bond motifs is 2. The first-order valence-corrected chi connectivity index (χ1v) is 9.03. The summed E-state index contributed by atoms with van der Waals surface area (Å²) in [5, 5.41) is 10.5. The van der Waals surface area contributed by atoms with Crippen LogP contribution in [-0.2, 0) is 13.0 Å². The molecular weight excluding hydrogens is 348 g/mol. The van der Waals surface area contributed by atoms with Gasteiger partial charge in [0.1, 0.15) is 0 Å². The quantitative estimate of drug-likeness (QED) is 0.432. The van der Waals surface area contributed by atoms with E-state index in [1.165, 1.54) is 24.2 Å². The summed E-state index contributed by atoms with van der Waals surface area (Å²) in [7, 11) is 0. The fourth-order valence-corrected chi connectivity index (χ4v) is 3.58. The molecule has 0 unspecified atom stereocenters. The summed E-state index contributed by atoms with van der Waals surface area (Å²) < 4.78 is 1.58. The van der Waals surface area contributed by atoms with E-state index < -0.39 is 0 Å². The summed E-state index contributed by atoms with van der Waals surface area (Å²) in [6.07, 6.45) is 5.62. The van der Waals surface area contributed by atoms with Crippen molar-refractivity contribution in [2.24, 2.45) is 0 Å². The third-order valence-electron chi connectivity index (χ3n) is 4.10. The predicted molar refractivity (Wildman–Crippen MR) is 99.9 cm³/mol. The Kier molecular flexibility index (Phi) is 4.37. The lowest BCUT2D eigenvalue weighted by molar-refractivity contribution is 0.594. The summed E-state index contributed by atoms with van der Waals surface area (Å²) in [6, 6.07) is 10.1. The van der Waals surface area contributed by atoms with E-state index in [1.807, 2.05) is 24.4 Å². The van der Waals surface area contributed by atoms with Gasteiger partial charge < -0.3 is 4.98 Å². The van der Waals surface area contributed by atoms with Crippen LogP contribution >= 0.6 is 11.8 Å². The Bertz CT molecular complexity index is 1190. The highest BCUT2D eigenvalue weighted by atomic mass is 32.2. The first-order valence-electron chi connectivity index (χ1n) is 8.04. The zero-order valence-electron chi connectivity index (χ0n) is 13.7. The Hall–Kier alpha value is -3.18. The van der Waals surface area contributed by atoms with E-state index in [0.717, 1.165) is 16.5 Å². The highest BCUT2D eigenvalue weighted by Gasteiger charge is 2.14. The molecule has 0 saturated carbocycles. The molecule has 0 bridgehead atoms. The number of nitrogens with one attached hydrogen (secondary N) is 1. The fourth-order valence-electron chi connectivity index (χ4n) is 2.90. The zero-order chi connectivity index (χ0) is 17.9. The van der Waals surface area contributed by atoms with Crippen LogP contribution < -0.4 is 5.56 Å². The van der Waals surface area contributed by atoms with Gasteiger partial charge in [0.05, 0.1) is 11.8 Å². The van der Waals surface area contributed by atoms with Gasteiger partial charge in [-0.15, -0.1) is 0 Å². The maximum absolute atomic E-state index is 12.9. The molecule has 0 atom stereocenters. The monoisotopic (exact) mass is 362 g/mol. The van der Waals surface area contributed by atoms with E-state index in [1.54, 1.807) is 4.57 Å². The van der Waals surface area contributed by atoms with E-state index in [0.29, 0.717) is 23.8 Å². The van der Waals surface area contributed by atoms with Crippen LogP contribution in [-0.4, -0.2) is 30.3 Å². The minimum Gasteiger partial charge on any atom is -0.361 e. The number of H-pyrrole nitrogens is 1. The number of hydrogen-bond acceptors (Lipinski definition) is 6. The summed E-state index contributed by atoms with van der Waals surface area (Å²) in [5.41, 5.74) is 2.51. The molecule has 4 rings (SSSR count). The minimum absolute atomic E-state index is 0.214. The Labute approximate surface area is 152 Å². The largest absolute Gasteiger partial charge is 0.361 e. The number of aromatic nitrogens is 5. The first-order chi connectivity index (χ1) is 12.8. The van der Waals surface area contributed by atoms with E-state index in [9.17, 15) is 4.79 Å². The average molecular weight is 362 g/mol. The zero-order valence-corrected chi connectivity index (χ0v) is 14.5. The number of aromatic amines is 1. The number of para-hydroxylation sites is 1. The highest BCUT2D eigenvalue weighted by Crippen LogP contribution is 2.20. The van der Waals surface area contributed by atoms with Crippen molar-refractivity contribution in [1.82, 2.24) is 24.5 Å². The molecule has 0 aliphatic carbocycles. The van der Waals surface area contributed by atoms with Gasteiger partial charge >= 0.3 is 0 Å². The van der Waals surface area contributed by atoms with Crippen molar-refractivity contribution < 1.29 is 0 Å². The van der Waals surface area contributed by atoms with Crippen LogP contribution in [0.5, 0.6) is 0 Å². The van der Waals surface area contributed by atoms with E-state index in [2.05, 4.69) is 32.1 Å². The Morgan fingerprint density at radius 3 is 2.96 bits per heavy atom. The average Bonchev–Trinajstić information content (AvgIpc) is 3.09. The van der Waals surface area contributed by atoms with E-state index in [-0.39, 0.29) is 16.8 Å². The molecule has 3 heterocycles. The van der Waals surface area contributed by atoms with Crippen LogP contribution in [0.3, 0.4) is 0 Å². The molecule has 1 aromatic carbocycles. The number of nitriles is 1. The highest BCUT2D eigenvalue weighted by molar-refractivity contribution is 7.99. The summed E-state index contributed by atoms with van der Waals surface area (Å²) in [6.45, 7) is 0.452. The van der Waals surface area contributed by atoms with Gasteiger partial charge in [-0.3, -0.25) is 9.36 Å². The lowest BCUT2D eigenvalue weighted by Crippen LogP contribution is -2.25. The van der Waals surface area contributed by atoms with Crippen LogP contribution in [0.1, 0.15) is 5.56 Å². The Morgan fingerprint density at radius 1 is 1.23 bits per heavy atom. The summed E-state index contributed by atoms with van der Waals surface area (Å²) in [5.74, 6) is 0.214. The van der Waals surface area contributed by atoms with Gasteiger partial charge in [-0.25, -0.2) is 15.0 Å². The van der Waals surface area contributed by atoms with Crippen molar-refractivity contribution >= 4 is 33.8 Å². The van der Waals surface area contributed by atoms with Crippen LogP contribution in [0.25, 0.3) is 22.1 Å². The van der Waals surface area contributed by atoms with Gasteiger partial charge in [0.2, 0.25) is 0 Å². The van der Waals surface area contributed by atoms with Crippen LogP contribution in [0.15, 0.2) is 52.8 Å². The Morgan fingerprint density at radius 2 is 2.08 bits per heavy atom. The molecule has 8 heteroatoms. The third-order valence-corrected chi connectivity index (χ3v) is 4.95. The molecule has 1 N–H and O–H groups in total. The molecule has 0 radical (unpaired) electrons. The first kappa shape index (κ1) is 16.3. The number of benzene rings is 1. The molecule has 3 aromatic heterocycles. The molecular formula is C18H14N6OS. The SMILES string of the molecule is N#CCSc1nc2nccnc2c(=O)n1CCc1c[nH]c2ccccc12. The Balaban J connectivity index is 1.73. The number of rotatable bonds is 5. The normalized spacial score (nSPS) is 11.0. The summed E-state index contributed by atoms with van der Waals surface area (Å²) >= 11 is 1.23. The van der Waals surface area contributed by atoms with Crippen LogP contribution in [0, 0.1) is 11.3 Å². The smallest absolute Gasteiger partial charge is 0.282 e. The molecule has 0 fully saturated rings. The van der Waals surface area contributed by atoms with Crippen molar-refractivity contribution in [3.05, 3.63) is 58.8 Å². The van der Waals surface area contributed by atoms with Crippen molar-refractivity contribution in [2.75, 3.05) is 5.75 Å². The number of aryl methyl sites for hydroxylation is 1. The standard InChI is InChI=1S/C18H14N6OS/c19-6-10-26-18-23-16-15(20-7-8-21-16)17(25)24(18)9-5-12-11-22-14-4-2-1-3-13(12)14/h1-4,7-8,11,22H,5,9-10H2. The van der Waals surface area contributed by atoms with Gasteiger partial charge in [-0.05, 0) is 18.1 Å². The predicted octanol–water partition coefficient (Wildman–Crippen LogP) is 2.53. The number of hydrogen-bond donors (Lipinski definition) is 1. The molecule has 7 nitrogen and oxygen atoms in total. The molecule has 128 valence electrons. The number of thioether (sulfide) groups is 1. The molecule has 0 aliphatic rings. The second-order valence-electron chi connectivity index (χ2n) is 5.64. The minimum atomic E-state index is -0.233. The van der Waals surface area contributed by atoms with Crippen LogP contribution in [0.4, 0.5) is 0 Å². The topological polar surface area (TPSA) is 100 Å². The molecule has 4 aromatic rings. The number of nitrogens with zero attached hydrogens (tertiary/aromatic N) is 5. The van der Waals surface area contributed by atoms with Crippen LogP contribution in [0.2, 0.25) is 0 Å². The van der Waals surface area contributed by atoms with Crippen molar-refractivity contribution in [2.45, 2.75) is 18.1 Å². The van der Waals surface area contributed by atoms with Crippen molar-refractivity contribution in [3.8, 4) is 6.07 Å². The third kappa shape index (κ3) is 2.93. The second kappa shape index (κ2) is 6.98. The van der Waals surface area contributed by atoms with E-state index >= 15 is 0 Å².